The highest BCUT2D eigenvalue weighted by Crippen LogP contribution is 2.23. The molecule has 0 unspecified atom stereocenters. The second-order valence-corrected chi connectivity index (χ2v) is 4.60. The molecule has 5 heteroatoms. The van der Waals surface area contributed by atoms with E-state index in [4.69, 9.17) is 5.73 Å². The van der Waals surface area contributed by atoms with Gasteiger partial charge in [-0.3, -0.25) is 4.98 Å². The van der Waals surface area contributed by atoms with E-state index in [-0.39, 0.29) is 0 Å². The molecule has 2 N–H and O–H groups in total. The molecular formula is C12H10N4S. The maximum atomic E-state index is 5.58. The molecule has 0 saturated carbocycles. The minimum atomic E-state index is 0.488. The smallest absolute Gasteiger partial charge is 0.200 e. The lowest BCUT2D eigenvalue weighted by Gasteiger charge is -2.00. The van der Waals surface area contributed by atoms with E-state index >= 15 is 0 Å². The first-order valence-electron chi connectivity index (χ1n) is 5.19. The summed E-state index contributed by atoms with van der Waals surface area (Å²) in [5.74, 6) is 0.676. The molecule has 0 spiro atoms. The molecule has 0 aliphatic carbocycles. The van der Waals surface area contributed by atoms with Crippen LogP contribution in [-0.4, -0.2) is 14.3 Å². The van der Waals surface area contributed by atoms with Gasteiger partial charge >= 0.3 is 0 Å². The third-order valence-electron chi connectivity index (χ3n) is 2.53. The lowest BCUT2D eigenvalue weighted by atomic mass is 10.1. The zero-order valence-electron chi connectivity index (χ0n) is 9.21. The molecule has 2 heterocycles. The third kappa shape index (κ3) is 1.85. The van der Waals surface area contributed by atoms with Crippen molar-refractivity contribution >= 4 is 27.6 Å². The number of nitrogen functional groups attached to an aromatic ring is 1. The Balaban J connectivity index is 2.16. The second-order valence-electron chi connectivity index (χ2n) is 3.82. The van der Waals surface area contributed by atoms with Gasteiger partial charge in [0.1, 0.15) is 0 Å². The first-order chi connectivity index (χ1) is 8.22. The molecular weight excluding hydrogens is 232 g/mol. The topological polar surface area (TPSA) is 64.7 Å². The van der Waals surface area contributed by atoms with Crippen LogP contribution in [0.3, 0.4) is 0 Å². The zero-order chi connectivity index (χ0) is 11.8. The SMILES string of the molecule is Cc1ccc2cc(-c3nsc(N)n3)ccc2n1. The van der Waals surface area contributed by atoms with Gasteiger partial charge in [-0.1, -0.05) is 6.07 Å². The molecule has 0 radical (unpaired) electrons. The second kappa shape index (κ2) is 3.78. The standard InChI is InChI=1S/C12H10N4S/c1-7-2-3-8-6-9(4-5-10(8)14-7)11-15-12(13)17-16-11/h2-6H,1H3,(H2,13,15,16). The molecule has 0 fully saturated rings. The van der Waals surface area contributed by atoms with E-state index in [1.165, 1.54) is 11.5 Å². The van der Waals surface area contributed by atoms with E-state index in [2.05, 4.69) is 20.4 Å². The number of pyridine rings is 1. The third-order valence-corrected chi connectivity index (χ3v) is 3.07. The number of hydrogen-bond donors (Lipinski definition) is 1. The highest BCUT2D eigenvalue weighted by Gasteiger charge is 2.05. The number of benzene rings is 1. The summed E-state index contributed by atoms with van der Waals surface area (Å²) < 4.78 is 4.20. The largest absolute Gasteiger partial charge is 0.374 e. The van der Waals surface area contributed by atoms with Gasteiger partial charge in [-0.25, -0.2) is 0 Å². The van der Waals surface area contributed by atoms with Gasteiger partial charge in [0.15, 0.2) is 11.0 Å². The van der Waals surface area contributed by atoms with Crippen LogP contribution in [-0.2, 0) is 0 Å². The predicted molar refractivity (Wildman–Crippen MR) is 69.8 cm³/mol. The van der Waals surface area contributed by atoms with Crippen molar-refractivity contribution in [1.82, 2.24) is 14.3 Å². The first-order valence-corrected chi connectivity index (χ1v) is 5.97. The molecule has 0 atom stereocenters. The molecule has 2 aromatic heterocycles. The Labute approximate surface area is 102 Å². The summed E-state index contributed by atoms with van der Waals surface area (Å²) in [5, 5.41) is 1.57. The molecule has 84 valence electrons. The lowest BCUT2D eigenvalue weighted by Crippen LogP contribution is -1.86. The highest BCUT2D eigenvalue weighted by atomic mass is 32.1. The number of anilines is 1. The Kier molecular flexibility index (Phi) is 2.26. The van der Waals surface area contributed by atoms with Crippen LogP contribution >= 0.6 is 11.5 Å². The summed E-state index contributed by atoms with van der Waals surface area (Å²) in [7, 11) is 0. The molecule has 0 saturated heterocycles. The van der Waals surface area contributed by atoms with Crippen molar-refractivity contribution < 1.29 is 0 Å². The van der Waals surface area contributed by atoms with Gasteiger partial charge in [0.25, 0.3) is 0 Å². The van der Waals surface area contributed by atoms with Crippen LogP contribution in [0.2, 0.25) is 0 Å². The van der Waals surface area contributed by atoms with Crippen LogP contribution < -0.4 is 5.73 Å². The van der Waals surface area contributed by atoms with Gasteiger partial charge in [-0.2, -0.15) is 9.36 Å². The van der Waals surface area contributed by atoms with Crippen molar-refractivity contribution in [2.75, 3.05) is 5.73 Å². The number of nitrogens with zero attached hydrogens (tertiary/aromatic N) is 3. The number of rotatable bonds is 1. The van der Waals surface area contributed by atoms with Crippen molar-refractivity contribution in [3.05, 3.63) is 36.0 Å². The van der Waals surface area contributed by atoms with Crippen molar-refractivity contribution in [3.63, 3.8) is 0 Å². The monoisotopic (exact) mass is 242 g/mol. The van der Waals surface area contributed by atoms with Crippen LogP contribution in [0, 0.1) is 6.92 Å². The normalized spacial score (nSPS) is 10.9. The van der Waals surface area contributed by atoms with E-state index < -0.39 is 0 Å². The maximum Gasteiger partial charge on any atom is 0.200 e. The van der Waals surface area contributed by atoms with Crippen LogP contribution in [0.25, 0.3) is 22.3 Å². The number of aryl methyl sites for hydroxylation is 1. The molecule has 0 aliphatic heterocycles. The van der Waals surface area contributed by atoms with Crippen molar-refractivity contribution in [2.45, 2.75) is 6.92 Å². The molecule has 17 heavy (non-hydrogen) atoms. The molecule has 3 rings (SSSR count). The summed E-state index contributed by atoms with van der Waals surface area (Å²) in [4.78, 5) is 8.62. The Hall–Kier alpha value is -2.01. The molecule has 0 amide bonds. The van der Waals surface area contributed by atoms with E-state index in [9.17, 15) is 0 Å². The van der Waals surface area contributed by atoms with Crippen molar-refractivity contribution in [3.8, 4) is 11.4 Å². The van der Waals surface area contributed by atoms with Gasteiger partial charge < -0.3 is 5.73 Å². The maximum absolute atomic E-state index is 5.58. The summed E-state index contributed by atoms with van der Waals surface area (Å²) in [6.45, 7) is 1.98. The Morgan fingerprint density at radius 2 is 2.00 bits per heavy atom. The quantitative estimate of drug-likeness (QED) is 0.712. The van der Waals surface area contributed by atoms with Gasteiger partial charge in [0.05, 0.1) is 5.52 Å². The van der Waals surface area contributed by atoms with Crippen LogP contribution in [0.4, 0.5) is 5.13 Å². The Morgan fingerprint density at radius 3 is 2.76 bits per heavy atom. The summed E-state index contributed by atoms with van der Waals surface area (Å²) in [6.07, 6.45) is 0. The fourth-order valence-corrected chi connectivity index (χ4v) is 2.17. The van der Waals surface area contributed by atoms with Crippen LogP contribution in [0.15, 0.2) is 30.3 Å². The number of aromatic nitrogens is 3. The lowest BCUT2D eigenvalue weighted by molar-refractivity contribution is 1.25. The Morgan fingerprint density at radius 1 is 1.12 bits per heavy atom. The number of nitrogens with two attached hydrogens (primary N) is 1. The molecule has 0 bridgehead atoms. The minimum absolute atomic E-state index is 0.488. The summed E-state index contributed by atoms with van der Waals surface area (Å²) in [5.41, 5.74) is 8.55. The van der Waals surface area contributed by atoms with Crippen LogP contribution in [0.1, 0.15) is 5.69 Å². The molecule has 0 aliphatic rings. The van der Waals surface area contributed by atoms with Gasteiger partial charge in [0.2, 0.25) is 0 Å². The zero-order valence-corrected chi connectivity index (χ0v) is 10.0. The average molecular weight is 242 g/mol. The molecule has 3 aromatic rings. The average Bonchev–Trinajstić information content (AvgIpc) is 2.75. The fraction of sp³-hybridized carbons (Fsp3) is 0.0833. The summed E-state index contributed by atoms with van der Waals surface area (Å²) >= 11 is 1.21. The predicted octanol–water partition coefficient (Wildman–Crippen LogP) is 2.64. The van der Waals surface area contributed by atoms with Crippen molar-refractivity contribution in [1.29, 1.82) is 0 Å². The molecule has 1 aromatic carbocycles. The molecule has 4 nitrogen and oxygen atoms in total. The van der Waals surface area contributed by atoms with Crippen molar-refractivity contribution in [2.24, 2.45) is 0 Å². The summed E-state index contributed by atoms with van der Waals surface area (Å²) in [6, 6.07) is 10.0. The van der Waals surface area contributed by atoms with E-state index in [0.29, 0.717) is 11.0 Å². The fourth-order valence-electron chi connectivity index (χ4n) is 1.72. The van der Waals surface area contributed by atoms with E-state index in [0.717, 1.165) is 22.2 Å². The minimum Gasteiger partial charge on any atom is -0.374 e. The highest BCUT2D eigenvalue weighted by molar-refractivity contribution is 7.09. The first kappa shape index (κ1) is 10.2. The van der Waals surface area contributed by atoms with E-state index in [1.54, 1.807) is 0 Å². The Bertz CT molecular complexity index is 690. The van der Waals surface area contributed by atoms with E-state index in [1.807, 2.05) is 31.2 Å². The number of hydrogen-bond acceptors (Lipinski definition) is 5. The van der Waals surface area contributed by atoms with Gasteiger partial charge in [0, 0.05) is 28.2 Å². The number of fused-ring (bicyclic) bond motifs is 1. The van der Waals surface area contributed by atoms with Gasteiger partial charge in [-0.05, 0) is 31.2 Å². The van der Waals surface area contributed by atoms with Crippen LogP contribution in [0.5, 0.6) is 0 Å². The van der Waals surface area contributed by atoms with Gasteiger partial charge in [-0.15, -0.1) is 0 Å².